The van der Waals surface area contributed by atoms with Crippen LogP contribution < -0.4 is 5.32 Å². The van der Waals surface area contributed by atoms with Crippen LogP contribution in [0.3, 0.4) is 0 Å². The minimum Gasteiger partial charge on any atom is -0.361 e. The van der Waals surface area contributed by atoms with Gasteiger partial charge in [-0.3, -0.25) is 14.4 Å². The Bertz CT molecular complexity index is 1010. The summed E-state index contributed by atoms with van der Waals surface area (Å²) in [6, 6.07) is -0.502. The number of hydrogen-bond donors (Lipinski definition) is 2. The van der Waals surface area contributed by atoms with E-state index in [1.54, 1.807) is 4.90 Å². The first-order chi connectivity index (χ1) is 18.6. The van der Waals surface area contributed by atoms with Crippen LogP contribution in [0.4, 0.5) is 0 Å². The van der Waals surface area contributed by atoms with Gasteiger partial charge in [-0.15, -0.1) is 0 Å². The molecule has 3 heterocycles. The Kier molecular flexibility index (Phi) is 10.2. The summed E-state index contributed by atoms with van der Waals surface area (Å²) in [5.74, 6) is 0.535. The van der Waals surface area contributed by atoms with Gasteiger partial charge in [-0.05, 0) is 69.2 Å². The monoisotopic (exact) mass is 523 g/mol. The zero-order valence-corrected chi connectivity index (χ0v) is 23.2. The molecule has 0 radical (unpaired) electrons. The first-order valence-electron chi connectivity index (χ1n) is 14.6. The Morgan fingerprint density at radius 3 is 2.68 bits per heavy atom. The van der Waals surface area contributed by atoms with Crippen molar-refractivity contribution in [3.8, 4) is 0 Å². The number of aryl methyl sites for hydroxylation is 1. The predicted molar refractivity (Wildman–Crippen MR) is 151 cm³/mol. The molecule has 8 nitrogen and oxygen atoms in total. The second-order valence-electron chi connectivity index (χ2n) is 10.9. The summed E-state index contributed by atoms with van der Waals surface area (Å²) >= 11 is 0. The summed E-state index contributed by atoms with van der Waals surface area (Å²) in [4.78, 5) is 48.6. The third-order valence-electron chi connectivity index (χ3n) is 8.21. The molecule has 0 spiro atoms. The second kappa shape index (κ2) is 13.8. The number of fused-ring (bicyclic) bond motifs is 1. The van der Waals surface area contributed by atoms with Gasteiger partial charge in [0.15, 0.2) is 0 Å². The third kappa shape index (κ3) is 6.57. The highest BCUT2D eigenvalue weighted by Crippen LogP contribution is 2.27. The maximum absolute atomic E-state index is 13.8. The summed E-state index contributed by atoms with van der Waals surface area (Å²) in [5.41, 5.74) is 3.36. The quantitative estimate of drug-likeness (QED) is 0.408. The van der Waals surface area contributed by atoms with Crippen LogP contribution in [0.1, 0.15) is 82.0 Å². The number of nitrogens with zero attached hydrogens (tertiary/aromatic N) is 3. The second-order valence-corrected chi connectivity index (χ2v) is 10.9. The number of nitrogens with one attached hydrogen (secondary N) is 2. The number of aromatic amines is 1. The summed E-state index contributed by atoms with van der Waals surface area (Å²) in [6.45, 7) is 7.77. The summed E-state index contributed by atoms with van der Waals surface area (Å²) in [7, 11) is 0. The van der Waals surface area contributed by atoms with E-state index < -0.39 is 12.2 Å². The van der Waals surface area contributed by atoms with Crippen molar-refractivity contribution in [2.24, 2.45) is 5.92 Å². The molecule has 2 saturated heterocycles. The van der Waals surface area contributed by atoms with Gasteiger partial charge >= 0.3 is 0 Å². The van der Waals surface area contributed by atoms with Crippen molar-refractivity contribution in [1.29, 1.82) is 0 Å². The normalized spacial score (nSPS) is 21.9. The van der Waals surface area contributed by atoms with E-state index >= 15 is 0 Å². The molecule has 208 valence electrons. The number of hydrogen-bond acceptors (Lipinski definition) is 4. The van der Waals surface area contributed by atoms with Crippen LogP contribution in [0.5, 0.6) is 0 Å². The van der Waals surface area contributed by atoms with Crippen molar-refractivity contribution >= 4 is 30.4 Å². The molecule has 4 rings (SSSR count). The van der Waals surface area contributed by atoms with Crippen molar-refractivity contribution < 1.29 is 14.4 Å². The SMILES string of the molecule is CCCCC1C(=O)N(CC2CCNCC2)CC(N(CCC)C(=O)CCc2c[nH]c3c2C=CCC=C3)N1C=O. The van der Waals surface area contributed by atoms with E-state index in [0.29, 0.717) is 44.8 Å². The van der Waals surface area contributed by atoms with E-state index in [-0.39, 0.29) is 11.8 Å². The van der Waals surface area contributed by atoms with Gasteiger partial charge in [0.2, 0.25) is 18.2 Å². The largest absolute Gasteiger partial charge is 0.361 e. The Labute approximate surface area is 227 Å². The highest BCUT2D eigenvalue weighted by Gasteiger charge is 2.43. The Morgan fingerprint density at radius 2 is 1.95 bits per heavy atom. The topological polar surface area (TPSA) is 88.8 Å². The van der Waals surface area contributed by atoms with E-state index in [4.69, 9.17) is 0 Å². The lowest BCUT2D eigenvalue weighted by Gasteiger charge is -2.49. The highest BCUT2D eigenvalue weighted by molar-refractivity contribution is 5.86. The van der Waals surface area contributed by atoms with Crippen molar-refractivity contribution in [3.63, 3.8) is 0 Å². The number of unbranched alkanes of at least 4 members (excludes halogenated alkanes) is 1. The van der Waals surface area contributed by atoms with Gasteiger partial charge in [0.1, 0.15) is 12.2 Å². The van der Waals surface area contributed by atoms with E-state index in [9.17, 15) is 14.4 Å². The number of aromatic nitrogens is 1. The number of rotatable bonds is 12. The molecule has 2 aliphatic heterocycles. The molecular formula is C30H45N5O3. The third-order valence-corrected chi connectivity index (χ3v) is 8.21. The van der Waals surface area contributed by atoms with Crippen molar-refractivity contribution in [2.45, 2.75) is 83.8 Å². The molecule has 8 heteroatoms. The first-order valence-corrected chi connectivity index (χ1v) is 14.6. The number of carbonyl (C=O) groups excluding carboxylic acids is 3. The molecule has 2 N–H and O–H groups in total. The Hall–Kier alpha value is -2.87. The number of amides is 3. The lowest BCUT2D eigenvalue weighted by atomic mass is 9.95. The Balaban J connectivity index is 1.53. The van der Waals surface area contributed by atoms with Gasteiger partial charge in [-0.1, -0.05) is 44.9 Å². The number of H-pyrrole nitrogens is 1. The molecule has 2 unspecified atom stereocenters. The number of allylic oxidation sites excluding steroid dienone is 2. The average molecular weight is 524 g/mol. The standard InChI is InChI=1S/C30H45N5O3/c1-3-5-11-27-30(38)33(20-23-14-16-31-17-15-23)21-28(35(27)22-36)34(18-4-2)29(37)13-12-24-19-32-26-10-8-6-7-9-25(24)26/h7-10,19,22-23,27-28,31-32H,3-6,11-18,20-21H2,1-2H3. The van der Waals surface area contributed by atoms with Crippen LogP contribution >= 0.6 is 0 Å². The van der Waals surface area contributed by atoms with E-state index in [1.807, 2.05) is 16.0 Å². The van der Waals surface area contributed by atoms with Gasteiger partial charge in [0.05, 0.1) is 6.54 Å². The van der Waals surface area contributed by atoms with Crippen LogP contribution in [0, 0.1) is 5.92 Å². The molecule has 1 aromatic heterocycles. The van der Waals surface area contributed by atoms with Crippen LogP contribution in [0.25, 0.3) is 12.2 Å². The molecule has 0 saturated carbocycles. The zero-order chi connectivity index (χ0) is 26.9. The fourth-order valence-electron chi connectivity index (χ4n) is 6.09. The van der Waals surface area contributed by atoms with Crippen LogP contribution in [-0.4, -0.2) is 82.8 Å². The zero-order valence-electron chi connectivity index (χ0n) is 23.2. The van der Waals surface area contributed by atoms with Crippen LogP contribution in [-0.2, 0) is 20.8 Å². The van der Waals surface area contributed by atoms with Gasteiger partial charge < -0.3 is 25.0 Å². The van der Waals surface area contributed by atoms with Crippen molar-refractivity contribution in [3.05, 3.63) is 35.2 Å². The molecule has 1 aliphatic carbocycles. The molecule has 3 aliphatic rings. The molecule has 0 aromatic carbocycles. The fraction of sp³-hybridized carbons (Fsp3) is 0.633. The maximum Gasteiger partial charge on any atom is 0.245 e. The van der Waals surface area contributed by atoms with Crippen LogP contribution in [0.15, 0.2) is 18.3 Å². The number of piperazine rings is 1. The fourth-order valence-corrected chi connectivity index (χ4v) is 6.09. The lowest BCUT2D eigenvalue weighted by molar-refractivity contribution is -0.164. The lowest BCUT2D eigenvalue weighted by Crippen LogP contribution is -2.67. The van der Waals surface area contributed by atoms with Gasteiger partial charge in [-0.2, -0.15) is 0 Å². The maximum atomic E-state index is 13.8. The van der Waals surface area contributed by atoms with Crippen molar-refractivity contribution in [2.75, 3.05) is 32.7 Å². The number of piperidine rings is 1. The van der Waals surface area contributed by atoms with E-state index in [1.165, 1.54) is 0 Å². The van der Waals surface area contributed by atoms with Crippen LogP contribution in [0.2, 0.25) is 0 Å². The van der Waals surface area contributed by atoms with E-state index in [0.717, 1.165) is 74.8 Å². The van der Waals surface area contributed by atoms with Crippen molar-refractivity contribution in [1.82, 2.24) is 25.0 Å². The average Bonchev–Trinajstić information content (AvgIpc) is 3.16. The minimum absolute atomic E-state index is 0.0391. The summed E-state index contributed by atoms with van der Waals surface area (Å²) < 4.78 is 0. The van der Waals surface area contributed by atoms with E-state index in [2.05, 4.69) is 48.5 Å². The van der Waals surface area contributed by atoms with Gasteiger partial charge in [0, 0.05) is 37.0 Å². The summed E-state index contributed by atoms with van der Waals surface area (Å²) in [6.07, 6.45) is 18.1. The number of carbonyl (C=O) groups is 3. The molecule has 0 bridgehead atoms. The first kappa shape index (κ1) is 28.1. The highest BCUT2D eigenvalue weighted by atomic mass is 16.2. The molecule has 2 atom stereocenters. The molecule has 2 fully saturated rings. The molecule has 1 aromatic rings. The molecular weight excluding hydrogens is 478 g/mol. The minimum atomic E-state index is -0.502. The summed E-state index contributed by atoms with van der Waals surface area (Å²) in [5, 5.41) is 3.40. The Morgan fingerprint density at radius 1 is 1.16 bits per heavy atom. The molecule has 3 amide bonds. The van der Waals surface area contributed by atoms with Gasteiger partial charge in [-0.25, -0.2) is 0 Å². The molecule has 38 heavy (non-hydrogen) atoms. The predicted octanol–water partition coefficient (Wildman–Crippen LogP) is 3.80. The smallest absolute Gasteiger partial charge is 0.245 e. The van der Waals surface area contributed by atoms with Gasteiger partial charge in [0.25, 0.3) is 0 Å².